The van der Waals surface area contributed by atoms with E-state index < -0.39 is 0 Å². The monoisotopic (exact) mass is 224 g/mol. The van der Waals surface area contributed by atoms with E-state index in [1.54, 1.807) is 25.2 Å². The average Bonchev–Trinajstić information content (AvgIpc) is 2.66. The molecule has 0 radical (unpaired) electrons. The lowest BCUT2D eigenvalue weighted by atomic mass is 10.4. The van der Waals surface area contributed by atoms with Gasteiger partial charge in [-0.15, -0.1) is 0 Å². The lowest BCUT2D eigenvalue weighted by molar-refractivity contribution is -0.127. The number of aromatic nitrogens is 2. The van der Waals surface area contributed by atoms with Gasteiger partial charge in [-0.3, -0.25) is 9.48 Å². The van der Waals surface area contributed by atoms with Crippen molar-refractivity contribution in [2.24, 2.45) is 0 Å². The Balaban J connectivity index is 2.37. The third-order valence-electron chi connectivity index (χ3n) is 2.32. The Bertz CT molecular complexity index is 332. The molecule has 0 unspecified atom stereocenters. The van der Waals surface area contributed by atoms with E-state index in [1.807, 2.05) is 10.7 Å². The SMILES string of the molecule is CCCn1nccc1CNCC(=O)N(C)C. The van der Waals surface area contributed by atoms with Gasteiger partial charge in [0.1, 0.15) is 0 Å². The van der Waals surface area contributed by atoms with Crippen LogP contribution in [0.15, 0.2) is 12.3 Å². The highest BCUT2D eigenvalue weighted by atomic mass is 16.2. The molecule has 0 aliphatic rings. The number of carbonyl (C=O) groups excluding carboxylic acids is 1. The van der Waals surface area contributed by atoms with Crippen LogP contribution in [0.1, 0.15) is 19.0 Å². The van der Waals surface area contributed by atoms with Crippen LogP contribution in [0.3, 0.4) is 0 Å². The molecule has 1 amide bonds. The summed E-state index contributed by atoms with van der Waals surface area (Å²) in [6.45, 7) is 4.09. The van der Waals surface area contributed by atoms with Gasteiger partial charge in [0.2, 0.25) is 5.91 Å². The normalized spacial score (nSPS) is 10.4. The van der Waals surface area contributed by atoms with Crippen molar-refractivity contribution >= 4 is 5.91 Å². The van der Waals surface area contributed by atoms with E-state index in [4.69, 9.17) is 0 Å². The van der Waals surface area contributed by atoms with Crippen molar-refractivity contribution in [1.29, 1.82) is 0 Å². The predicted octanol–water partition coefficient (Wildman–Crippen LogP) is 0.471. The number of hydrogen-bond donors (Lipinski definition) is 1. The Morgan fingerprint density at radius 2 is 2.31 bits per heavy atom. The van der Waals surface area contributed by atoms with Crippen LogP contribution in [0.2, 0.25) is 0 Å². The zero-order chi connectivity index (χ0) is 12.0. The van der Waals surface area contributed by atoms with Gasteiger partial charge in [-0.2, -0.15) is 5.10 Å². The predicted molar refractivity (Wildman–Crippen MR) is 62.9 cm³/mol. The number of nitrogens with zero attached hydrogens (tertiary/aromatic N) is 3. The Hall–Kier alpha value is -1.36. The molecule has 1 aromatic heterocycles. The summed E-state index contributed by atoms with van der Waals surface area (Å²) in [6, 6.07) is 1.97. The second-order valence-corrected chi connectivity index (χ2v) is 3.94. The Labute approximate surface area is 96.4 Å². The molecule has 90 valence electrons. The van der Waals surface area contributed by atoms with Crippen LogP contribution in [-0.4, -0.2) is 41.2 Å². The minimum absolute atomic E-state index is 0.0848. The molecule has 0 saturated heterocycles. The Morgan fingerprint density at radius 3 is 2.94 bits per heavy atom. The molecule has 1 rings (SSSR count). The number of hydrogen-bond acceptors (Lipinski definition) is 3. The van der Waals surface area contributed by atoms with Crippen LogP contribution in [0, 0.1) is 0 Å². The molecule has 0 bridgehead atoms. The summed E-state index contributed by atoms with van der Waals surface area (Å²) in [5.41, 5.74) is 1.12. The first-order valence-corrected chi connectivity index (χ1v) is 5.56. The first-order valence-electron chi connectivity index (χ1n) is 5.56. The Kier molecular flexibility index (Phi) is 4.98. The van der Waals surface area contributed by atoms with Gasteiger partial charge in [-0.25, -0.2) is 0 Å². The first kappa shape index (κ1) is 12.7. The third-order valence-corrected chi connectivity index (χ3v) is 2.32. The highest BCUT2D eigenvalue weighted by Crippen LogP contribution is 1.99. The molecule has 0 aliphatic carbocycles. The third kappa shape index (κ3) is 3.66. The summed E-state index contributed by atoms with van der Waals surface area (Å²) < 4.78 is 1.97. The molecular weight excluding hydrogens is 204 g/mol. The summed E-state index contributed by atoms with van der Waals surface area (Å²) in [4.78, 5) is 12.9. The van der Waals surface area contributed by atoms with E-state index in [1.165, 1.54) is 0 Å². The quantitative estimate of drug-likeness (QED) is 0.764. The summed E-state index contributed by atoms with van der Waals surface area (Å²) in [6.07, 6.45) is 2.85. The van der Waals surface area contributed by atoms with Gasteiger partial charge in [0.15, 0.2) is 0 Å². The molecule has 1 heterocycles. The number of aryl methyl sites for hydroxylation is 1. The molecule has 0 fully saturated rings. The fourth-order valence-electron chi connectivity index (χ4n) is 1.38. The van der Waals surface area contributed by atoms with E-state index in [2.05, 4.69) is 17.3 Å². The topological polar surface area (TPSA) is 50.2 Å². The van der Waals surface area contributed by atoms with Crippen LogP contribution in [0.4, 0.5) is 0 Å². The maximum Gasteiger partial charge on any atom is 0.236 e. The maximum absolute atomic E-state index is 11.3. The van der Waals surface area contributed by atoms with Crippen LogP contribution >= 0.6 is 0 Å². The minimum Gasteiger partial charge on any atom is -0.348 e. The van der Waals surface area contributed by atoms with E-state index in [0.29, 0.717) is 13.1 Å². The van der Waals surface area contributed by atoms with E-state index in [0.717, 1.165) is 18.7 Å². The van der Waals surface area contributed by atoms with Gasteiger partial charge in [0, 0.05) is 33.4 Å². The van der Waals surface area contributed by atoms with Crippen molar-refractivity contribution in [3.05, 3.63) is 18.0 Å². The maximum atomic E-state index is 11.3. The number of carbonyl (C=O) groups is 1. The van der Waals surface area contributed by atoms with Gasteiger partial charge in [0.05, 0.1) is 12.2 Å². The molecule has 5 nitrogen and oxygen atoms in total. The molecule has 16 heavy (non-hydrogen) atoms. The fraction of sp³-hybridized carbons (Fsp3) is 0.636. The van der Waals surface area contributed by atoms with Crippen LogP contribution < -0.4 is 5.32 Å². The van der Waals surface area contributed by atoms with Crippen molar-refractivity contribution in [2.75, 3.05) is 20.6 Å². The second-order valence-electron chi connectivity index (χ2n) is 3.94. The summed E-state index contributed by atoms with van der Waals surface area (Å²) in [7, 11) is 3.51. The summed E-state index contributed by atoms with van der Waals surface area (Å²) in [5, 5.41) is 7.34. The van der Waals surface area contributed by atoms with Crippen molar-refractivity contribution in [3.8, 4) is 0 Å². The van der Waals surface area contributed by atoms with Crippen LogP contribution in [0.25, 0.3) is 0 Å². The van der Waals surface area contributed by atoms with Crippen LogP contribution in [0.5, 0.6) is 0 Å². The summed E-state index contributed by atoms with van der Waals surface area (Å²) >= 11 is 0. The molecule has 0 aliphatic heterocycles. The lowest BCUT2D eigenvalue weighted by Gasteiger charge is -2.11. The highest BCUT2D eigenvalue weighted by Gasteiger charge is 2.04. The van der Waals surface area contributed by atoms with Crippen LogP contribution in [-0.2, 0) is 17.9 Å². The van der Waals surface area contributed by atoms with Crippen molar-refractivity contribution < 1.29 is 4.79 Å². The molecule has 0 spiro atoms. The van der Waals surface area contributed by atoms with E-state index in [-0.39, 0.29) is 5.91 Å². The standard InChI is InChI=1S/C11H20N4O/c1-4-7-15-10(5-6-13-15)8-12-9-11(16)14(2)3/h5-6,12H,4,7-9H2,1-3H3. The molecule has 5 heteroatoms. The van der Waals surface area contributed by atoms with E-state index >= 15 is 0 Å². The minimum atomic E-state index is 0.0848. The molecule has 0 saturated carbocycles. The molecule has 1 N–H and O–H groups in total. The molecular formula is C11H20N4O. The van der Waals surface area contributed by atoms with Gasteiger partial charge in [-0.1, -0.05) is 6.92 Å². The van der Waals surface area contributed by atoms with Crippen molar-refractivity contribution in [3.63, 3.8) is 0 Å². The van der Waals surface area contributed by atoms with Gasteiger partial charge < -0.3 is 10.2 Å². The second kappa shape index (κ2) is 6.27. The average molecular weight is 224 g/mol. The summed E-state index contributed by atoms with van der Waals surface area (Å²) in [5.74, 6) is 0.0848. The highest BCUT2D eigenvalue weighted by molar-refractivity contribution is 5.77. The number of nitrogens with one attached hydrogen (secondary N) is 1. The molecule has 0 aromatic carbocycles. The number of amides is 1. The number of rotatable bonds is 6. The van der Waals surface area contributed by atoms with Crippen molar-refractivity contribution in [2.45, 2.75) is 26.4 Å². The van der Waals surface area contributed by atoms with E-state index in [9.17, 15) is 4.79 Å². The Morgan fingerprint density at radius 1 is 1.56 bits per heavy atom. The smallest absolute Gasteiger partial charge is 0.236 e. The van der Waals surface area contributed by atoms with Gasteiger partial charge >= 0.3 is 0 Å². The lowest BCUT2D eigenvalue weighted by Crippen LogP contribution is -2.33. The molecule has 0 atom stereocenters. The number of likely N-dealkylation sites (N-methyl/N-ethyl adjacent to an activating group) is 1. The molecule has 1 aromatic rings. The van der Waals surface area contributed by atoms with Gasteiger partial charge in [-0.05, 0) is 12.5 Å². The van der Waals surface area contributed by atoms with Gasteiger partial charge in [0.25, 0.3) is 0 Å². The largest absolute Gasteiger partial charge is 0.348 e. The fourth-order valence-corrected chi connectivity index (χ4v) is 1.38. The van der Waals surface area contributed by atoms with Crippen molar-refractivity contribution in [1.82, 2.24) is 20.0 Å². The zero-order valence-corrected chi connectivity index (χ0v) is 10.2. The first-order chi connectivity index (χ1) is 7.65. The zero-order valence-electron chi connectivity index (χ0n) is 10.2.